The first-order chi connectivity index (χ1) is 6.02. The van der Waals surface area contributed by atoms with Crippen LogP contribution in [0, 0.1) is 5.92 Å². The van der Waals surface area contributed by atoms with Gasteiger partial charge in [-0.2, -0.15) is 5.10 Å². The first-order valence-corrected chi connectivity index (χ1v) is 4.15. The lowest BCUT2D eigenvalue weighted by Gasteiger charge is -2.01. The molecule has 0 aliphatic carbocycles. The summed E-state index contributed by atoms with van der Waals surface area (Å²) in [4.78, 5) is 10.8. The number of nitrogens with zero attached hydrogens (tertiary/aromatic N) is 1. The maximum absolute atomic E-state index is 10.8. The molecule has 1 aromatic heterocycles. The van der Waals surface area contributed by atoms with Crippen molar-refractivity contribution in [3.8, 4) is 0 Å². The van der Waals surface area contributed by atoms with Crippen LogP contribution in [0.15, 0.2) is 0 Å². The Balaban J connectivity index is 2.93. The van der Waals surface area contributed by atoms with Crippen LogP contribution in [0.25, 0.3) is 0 Å². The number of amides is 1. The average Bonchev–Trinajstić information content (AvgIpc) is 2.32. The second-order valence-electron chi connectivity index (χ2n) is 3.43. The molecule has 5 N–H and O–H groups in total. The summed E-state index contributed by atoms with van der Waals surface area (Å²) in [5.74, 6) is -0.132. The van der Waals surface area contributed by atoms with Gasteiger partial charge in [0.2, 0.25) is 0 Å². The number of H-pyrrole nitrogens is 1. The number of hydrogen-bond acceptors (Lipinski definition) is 3. The van der Waals surface area contributed by atoms with E-state index in [-0.39, 0.29) is 5.69 Å². The number of rotatable bonds is 3. The molecule has 1 rings (SSSR count). The highest BCUT2D eigenvalue weighted by molar-refractivity contribution is 5.96. The minimum atomic E-state index is -0.594. The van der Waals surface area contributed by atoms with Crippen molar-refractivity contribution in [3.05, 3.63) is 11.4 Å². The van der Waals surface area contributed by atoms with Crippen LogP contribution in [0.4, 0.5) is 5.69 Å². The van der Waals surface area contributed by atoms with Crippen LogP contribution in [-0.4, -0.2) is 16.1 Å². The normalized spacial score (nSPS) is 10.7. The molecule has 0 unspecified atom stereocenters. The molecule has 0 atom stereocenters. The highest BCUT2D eigenvalue weighted by Crippen LogP contribution is 2.16. The van der Waals surface area contributed by atoms with E-state index in [2.05, 4.69) is 24.0 Å². The molecule has 1 amide bonds. The fourth-order valence-electron chi connectivity index (χ4n) is 1.14. The first-order valence-electron chi connectivity index (χ1n) is 4.15. The smallest absolute Gasteiger partial charge is 0.271 e. The zero-order valence-electron chi connectivity index (χ0n) is 7.79. The third-order valence-electron chi connectivity index (χ3n) is 1.73. The minimum absolute atomic E-state index is 0.135. The quantitative estimate of drug-likeness (QED) is 0.626. The van der Waals surface area contributed by atoms with E-state index < -0.39 is 5.91 Å². The lowest BCUT2D eigenvalue weighted by Crippen LogP contribution is -2.13. The maximum atomic E-state index is 10.8. The number of nitrogen functional groups attached to an aromatic ring is 1. The number of nitrogens with one attached hydrogen (secondary N) is 1. The van der Waals surface area contributed by atoms with Gasteiger partial charge in [-0.25, -0.2) is 0 Å². The van der Waals surface area contributed by atoms with Crippen molar-refractivity contribution in [2.45, 2.75) is 20.3 Å². The largest absolute Gasteiger partial charge is 0.395 e. The number of hydrogen-bond donors (Lipinski definition) is 3. The van der Waals surface area contributed by atoms with E-state index in [1.807, 2.05) is 0 Å². The Morgan fingerprint density at radius 1 is 1.62 bits per heavy atom. The highest BCUT2D eigenvalue weighted by Gasteiger charge is 2.14. The summed E-state index contributed by atoms with van der Waals surface area (Å²) in [7, 11) is 0. The molecule has 0 saturated heterocycles. The molecule has 0 saturated carbocycles. The van der Waals surface area contributed by atoms with E-state index in [1.54, 1.807) is 0 Å². The highest BCUT2D eigenvalue weighted by atomic mass is 16.1. The van der Waals surface area contributed by atoms with Crippen molar-refractivity contribution < 1.29 is 4.79 Å². The fraction of sp³-hybridized carbons (Fsp3) is 0.500. The van der Waals surface area contributed by atoms with Gasteiger partial charge >= 0.3 is 0 Å². The van der Waals surface area contributed by atoms with Crippen LogP contribution in [0.2, 0.25) is 0 Å². The molecule has 0 spiro atoms. The fourth-order valence-corrected chi connectivity index (χ4v) is 1.14. The zero-order valence-corrected chi connectivity index (χ0v) is 7.79. The van der Waals surface area contributed by atoms with E-state index >= 15 is 0 Å². The number of carbonyl (C=O) groups is 1. The van der Waals surface area contributed by atoms with Gasteiger partial charge in [0, 0.05) is 0 Å². The molecule has 0 aromatic carbocycles. The summed E-state index contributed by atoms with van der Waals surface area (Å²) in [6.07, 6.45) is 0.770. The molecule has 13 heavy (non-hydrogen) atoms. The molecule has 0 radical (unpaired) electrons. The maximum Gasteiger partial charge on any atom is 0.271 e. The Hall–Kier alpha value is -1.52. The van der Waals surface area contributed by atoms with Gasteiger partial charge < -0.3 is 11.5 Å². The number of carbonyl (C=O) groups excluding carboxylic acids is 1. The Kier molecular flexibility index (Phi) is 2.55. The molecule has 0 bridgehead atoms. The summed E-state index contributed by atoms with van der Waals surface area (Å²) >= 11 is 0. The van der Waals surface area contributed by atoms with Gasteiger partial charge in [0.1, 0.15) is 0 Å². The van der Waals surface area contributed by atoms with Crippen LogP contribution >= 0.6 is 0 Å². The average molecular weight is 182 g/mol. The Labute approximate surface area is 76.5 Å². The van der Waals surface area contributed by atoms with E-state index in [0.717, 1.165) is 12.1 Å². The first kappa shape index (κ1) is 9.57. The van der Waals surface area contributed by atoms with Gasteiger partial charge in [0.15, 0.2) is 5.69 Å². The zero-order chi connectivity index (χ0) is 10.0. The van der Waals surface area contributed by atoms with Gasteiger partial charge in [-0.3, -0.25) is 9.89 Å². The van der Waals surface area contributed by atoms with Crippen LogP contribution < -0.4 is 11.5 Å². The number of primary amides is 1. The van der Waals surface area contributed by atoms with Gasteiger partial charge in [-0.15, -0.1) is 0 Å². The van der Waals surface area contributed by atoms with Crippen LogP contribution in [0.5, 0.6) is 0 Å². The third-order valence-corrected chi connectivity index (χ3v) is 1.73. The predicted octanol–water partition coefficient (Wildman–Crippen LogP) is 0.289. The summed E-state index contributed by atoms with van der Waals surface area (Å²) in [6.45, 7) is 4.12. The van der Waals surface area contributed by atoms with Gasteiger partial charge in [-0.1, -0.05) is 13.8 Å². The second kappa shape index (κ2) is 3.47. The molecular formula is C8H14N4O. The monoisotopic (exact) mass is 182 g/mol. The number of nitrogens with two attached hydrogens (primary N) is 2. The lowest BCUT2D eigenvalue weighted by molar-refractivity contribution is 0.0996. The molecular weight excluding hydrogens is 168 g/mol. The number of anilines is 1. The van der Waals surface area contributed by atoms with Crippen LogP contribution in [0.1, 0.15) is 30.0 Å². The van der Waals surface area contributed by atoms with Crippen molar-refractivity contribution in [2.75, 3.05) is 5.73 Å². The molecule has 72 valence electrons. The van der Waals surface area contributed by atoms with Crippen molar-refractivity contribution in [2.24, 2.45) is 11.7 Å². The van der Waals surface area contributed by atoms with Gasteiger partial charge in [-0.05, 0) is 12.3 Å². The topological polar surface area (TPSA) is 97.8 Å². The molecule has 1 aromatic rings. The van der Waals surface area contributed by atoms with Crippen molar-refractivity contribution >= 4 is 11.6 Å². The van der Waals surface area contributed by atoms with E-state index in [4.69, 9.17) is 11.5 Å². The van der Waals surface area contributed by atoms with Gasteiger partial charge in [0.25, 0.3) is 5.91 Å². The summed E-state index contributed by atoms with van der Waals surface area (Å²) < 4.78 is 0. The molecule has 1 heterocycles. The van der Waals surface area contributed by atoms with Crippen LogP contribution in [-0.2, 0) is 6.42 Å². The Morgan fingerprint density at radius 2 is 2.23 bits per heavy atom. The summed E-state index contributed by atoms with van der Waals surface area (Å²) in [5, 5.41) is 6.45. The van der Waals surface area contributed by atoms with Crippen molar-refractivity contribution in [1.82, 2.24) is 10.2 Å². The number of aromatic amines is 1. The van der Waals surface area contributed by atoms with E-state index in [1.165, 1.54) is 0 Å². The van der Waals surface area contributed by atoms with Crippen LogP contribution in [0.3, 0.4) is 0 Å². The number of aromatic nitrogens is 2. The van der Waals surface area contributed by atoms with E-state index in [0.29, 0.717) is 11.6 Å². The SMILES string of the molecule is CC(C)Cc1[nH]nc(C(N)=O)c1N. The Morgan fingerprint density at radius 3 is 2.62 bits per heavy atom. The van der Waals surface area contributed by atoms with E-state index in [9.17, 15) is 4.79 Å². The standard InChI is InChI=1S/C8H14N4O/c1-4(2)3-5-6(9)7(8(10)13)12-11-5/h4H,3,9H2,1-2H3,(H2,10,13)(H,11,12). The molecule has 5 heteroatoms. The predicted molar refractivity (Wildman–Crippen MR) is 50.1 cm³/mol. The molecule has 0 aliphatic heterocycles. The summed E-state index contributed by atoms with van der Waals surface area (Å²) in [6, 6.07) is 0. The minimum Gasteiger partial charge on any atom is -0.395 e. The molecule has 5 nitrogen and oxygen atoms in total. The Bertz CT molecular complexity index is 316. The lowest BCUT2D eigenvalue weighted by atomic mass is 10.1. The summed E-state index contributed by atoms with van der Waals surface area (Å²) in [5.41, 5.74) is 12.0. The molecule has 0 aliphatic rings. The van der Waals surface area contributed by atoms with Gasteiger partial charge in [0.05, 0.1) is 11.4 Å². The third kappa shape index (κ3) is 1.99. The molecule has 0 fully saturated rings. The van der Waals surface area contributed by atoms with Crippen molar-refractivity contribution in [1.29, 1.82) is 0 Å². The van der Waals surface area contributed by atoms with Crippen molar-refractivity contribution in [3.63, 3.8) is 0 Å². The second-order valence-corrected chi connectivity index (χ2v) is 3.43.